The number of halogens is 9. The zero-order valence-electron chi connectivity index (χ0n) is 8.26. The maximum Gasteiger partial charge on any atom is 0.411 e. The average Bonchev–Trinajstić information content (AvgIpc) is 2.15. The van der Waals surface area contributed by atoms with E-state index in [1.165, 1.54) is 0 Å². The van der Waals surface area contributed by atoms with Gasteiger partial charge < -0.3 is 5.11 Å². The molecule has 0 fully saturated rings. The van der Waals surface area contributed by atoms with Crippen LogP contribution >= 0.6 is 0 Å². The van der Waals surface area contributed by atoms with Crippen molar-refractivity contribution in [3.05, 3.63) is 11.9 Å². The topological polar surface area (TPSA) is 37.3 Å². The minimum absolute atomic E-state index is 0. The van der Waals surface area contributed by atoms with E-state index in [4.69, 9.17) is 5.11 Å². The Balaban J connectivity index is 0. The first kappa shape index (κ1) is 19.9. The molecule has 0 aliphatic heterocycles. The molecule has 2 nitrogen and oxygen atoms in total. The molecule has 0 bridgehead atoms. The first-order valence-electron chi connectivity index (χ1n) is 3.38. The van der Waals surface area contributed by atoms with Crippen LogP contribution in [0, 0.1) is 0 Å². The molecule has 0 saturated carbocycles. The van der Waals surface area contributed by atoms with Gasteiger partial charge >= 0.3 is 29.8 Å². The van der Waals surface area contributed by atoms with Gasteiger partial charge in [0.2, 0.25) is 5.83 Å². The molecule has 0 spiro atoms. The van der Waals surface area contributed by atoms with Gasteiger partial charge in [0, 0.05) is 29.6 Å². The molecule has 0 aliphatic carbocycles. The third-order valence-electron chi connectivity index (χ3n) is 1.50. The smallest absolute Gasteiger partial charge is 0.411 e. The molecule has 0 aliphatic rings. The van der Waals surface area contributed by atoms with E-state index in [0.29, 0.717) is 0 Å². The summed E-state index contributed by atoms with van der Waals surface area (Å²) >= 11 is 0. The summed E-state index contributed by atoms with van der Waals surface area (Å²) in [5, 5.41) is 7.57. The van der Waals surface area contributed by atoms with Crippen LogP contribution in [0.2, 0.25) is 0 Å². The third kappa shape index (κ3) is 2.94. The first-order chi connectivity index (χ1) is 7.30. The maximum atomic E-state index is 12.4. The largest absolute Gasteiger partial charge is 0.477 e. The van der Waals surface area contributed by atoms with Gasteiger partial charge in [-0.05, 0) is 0 Å². The van der Waals surface area contributed by atoms with Crippen LogP contribution in [-0.4, -0.2) is 58.4 Å². The standard InChI is InChI=1S/C6HF9O2.Na/c7-1(2(8)9)4(10,11)6(14,15)5(12,13)3(16)17;/h(H,16,17);. The molecule has 18 heavy (non-hydrogen) atoms. The molecule has 0 rings (SSSR count). The molecule has 12 heteroatoms. The summed E-state index contributed by atoms with van der Waals surface area (Å²) in [5.74, 6) is -27.8. The van der Waals surface area contributed by atoms with E-state index >= 15 is 0 Å². The van der Waals surface area contributed by atoms with Crippen molar-refractivity contribution in [3.8, 4) is 0 Å². The maximum absolute atomic E-state index is 12.4. The summed E-state index contributed by atoms with van der Waals surface area (Å²) in [6.07, 6.45) is -3.96. The van der Waals surface area contributed by atoms with E-state index in [0.717, 1.165) is 0 Å². The van der Waals surface area contributed by atoms with E-state index in [9.17, 15) is 44.3 Å². The molecule has 0 heterocycles. The Kier molecular flexibility index (Phi) is 6.30. The Hall–Kier alpha value is -0.420. The van der Waals surface area contributed by atoms with Crippen LogP contribution in [0.5, 0.6) is 0 Å². The van der Waals surface area contributed by atoms with Crippen molar-refractivity contribution in [2.45, 2.75) is 17.8 Å². The number of aliphatic carboxylic acids is 1. The molecule has 0 aromatic carbocycles. The van der Waals surface area contributed by atoms with Crippen molar-refractivity contribution in [3.63, 3.8) is 0 Å². The van der Waals surface area contributed by atoms with Crippen LogP contribution in [-0.2, 0) is 4.79 Å². The van der Waals surface area contributed by atoms with E-state index in [-0.39, 0.29) is 29.6 Å². The minimum atomic E-state index is -6.86. The Morgan fingerprint density at radius 2 is 1.17 bits per heavy atom. The monoisotopic (exact) mass is 299 g/mol. The summed E-state index contributed by atoms with van der Waals surface area (Å²) in [7, 11) is 0. The first-order valence-corrected chi connectivity index (χ1v) is 3.38. The van der Waals surface area contributed by atoms with Crippen molar-refractivity contribution < 1.29 is 49.4 Å². The Morgan fingerprint density at radius 3 is 1.39 bits per heavy atom. The van der Waals surface area contributed by atoms with Gasteiger partial charge in [0.1, 0.15) is 0 Å². The summed E-state index contributed by atoms with van der Waals surface area (Å²) in [5.41, 5.74) is 0. The van der Waals surface area contributed by atoms with Gasteiger partial charge in [0.25, 0.3) is 0 Å². The predicted molar refractivity (Wildman–Crippen MR) is 38.6 cm³/mol. The van der Waals surface area contributed by atoms with Crippen molar-refractivity contribution in [1.29, 1.82) is 0 Å². The van der Waals surface area contributed by atoms with Crippen molar-refractivity contribution >= 4 is 35.5 Å². The van der Waals surface area contributed by atoms with Crippen molar-refractivity contribution in [2.24, 2.45) is 0 Å². The van der Waals surface area contributed by atoms with Gasteiger partial charge in [-0.2, -0.15) is 39.5 Å². The van der Waals surface area contributed by atoms with Crippen LogP contribution in [0.15, 0.2) is 11.9 Å². The van der Waals surface area contributed by atoms with E-state index in [1.54, 1.807) is 0 Å². The molecule has 0 amide bonds. The molecule has 0 aromatic rings. The number of carbonyl (C=O) groups is 1. The van der Waals surface area contributed by atoms with Gasteiger partial charge in [-0.1, -0.05) is 0 Å². The van der Waals surface area contributed by atoms with Gasteiger partial charge in [0.15, 0.2) is 0 Å². The fraction of sp³-hybridized carbons (Fsp3) is 0.500. The molecule has 1 N–H and O–H groups in total. The Morgan fingerprint density at radius 1 is 0.833 bits per heavy atom. The number of alkyl halides is 6. The molecular weight excluding hydrogens is 298 g/mol. The zero-order valence-corrected chi connectivity index (χ0v) is 10.3. The van der Waals surface area contributed by atoms with Crippen LogP contribution < -0.4 is 0 Å². The van der Waals surface area contributed by atoms with E-state index < -0.39 is 35.6 Å². The summed E-state index contributed by atoms with van der Waals surface area (Å²) in [6.45, 7) is 0. The van der Waals surface area contributed by atoms with E-state index in [2.05, 4.69) is 0 Å². The van der Waals surface area contributed by atoms with Crippen LogP contribution in [0.1, 0.15) is 0 Å². The Labute approximate surface area is 115 Å². The fourth-order valence-electron chi connectivity index (χ4n) is 0.588. The number of carboxylic acids is 1. The second kappa shape index (κ2) is 5.70. The normalized spacial score (nSPS) is 12.7. The van der Waals surface area contributed by atoms with Gasteiger partial charge in [0.05, 0.1) is 0 Å². The van der Waals surface area contributed by atoms with Crippen LogP contribution in [0.25, 0.3) is 0 Å². The summed E-state index contributed by atoms with van der Waals surface area (Å²) < 4.78 is 108. The molecule has 0 unspecified atom stereocenters. The predicted octanol–water partition coefficient (Wildman–Crippen LogP) is 2.67. The SMILES string of the molecule is O=C(O)C(F)(F)C(F)(F)C(F)(F)C(F)=C(F)F.[Na]. The number of rotatable bonds is 4. The number of hydrogen-bond donors (Lipinski definition) is 1. The Bertz CT molecular complexity index is 360. The van der Waals surface area contributed by atoms with Crippen molar-refractivity contribution in [2.75, 3.05) is 0 Å². The quantitative estimate of drug-likeness (QED) is 0.640. The second-order valence-corrected chi connectivity index (χ2v) is 2.60. The second-order valence-electron chi connectivity index (χ2n) is 2.60. The van der Waals surface area contributed by atoms with Gasteiger partial charge in [-0.25, -0.2) is 4.79 Å². The van der Waals surface area contributed by atoms with Gasteiger partial charge in [-0.3, -0.25) is 0 Å². The van der Waals surface area contributed by atoms with Crippen LogP contribution in [0.3, 0.4) is 0 Å². The molecule has 0 atom stereocenters. The summed E-state index contributed by atoms with van der Waals surface area (Å²) in [6, 6.07) is 0. The number of carboxylic acid groups (broad SMARTS) is 1. The number of allylic oxidation sites excluding steroid dienone is 1. The molecule has 1 radical (unpaired) electrons. The van der Waals surface area contributed by atoms with Crippen molar-refractivity contribution in [1.82, 2.24) is 0 Å². The number of hydrogen-bond acceptors (Lipinski definition) is 1. The fourth-order valence-corrected chi connectivity index (χ4v) is 0.588. The zero-order chi connectivity index (χ0) is 14.2. The third-order valence-corrected chi connectivity index (χ3v) is 1.50. The summed E-state index contributed by atoms with van der Waals surface area (Å²) in [4.78, 5) is 9.62. The molecule has 0 saturated heterocycles. The minimum Gasteiger partial charge on any atom is -0.477 e. The molecule has 101 valence electrons. The average molecular weight is 299 g/mol. The van der Waals surface area contributed by atoms with Gasteiger partial charge in [-0.15, -0.1) is 0 Å². The van der Waals surface area contributed by atoms with E-state index in [1.807, 2.05) is 0 Å². The van der Waals surface area contributed by atoms with Crippen LogP contribution in [0.4, 0.5) is 39.5 Å². The molecular formula is C6HF9NaO2. The molecule has 0 aromatic heterocycles.